The van der Waals surface area contributed by atoms with Crippen LogP contribution in [0.25, 0.3) is 0 Å². The summed E-state index contributed by atoms with van der Waals surface area (Å²) in [4.78, 5) is 52.2. The van der Waals surface area contributed by atoms with Crippen molar-refractivity contribution in [2.45, 2.75) is 28.4 Å². The summed E-state index contributed by atoms with van der Waals surface area (Å²) in [5.74, 6) is -1.79. The fourth-order valence-corrected chi connectivity index (χ4v) is 6.24. The van der Waals surface area contributed by atoms with Crippen molar-refractivity contribution < 1.29 is 27.7 Å². The third-order valence-corrected chi connectivity index (χ3v) is 8.66. The molecule has 1 aromatic heterocycles. The first-order valence-electron chi connectivity index (χ1n) is 9.94. The van der Waals surface area contributed by atoms with Crippen LogP contribution >= 0.6 is 11.3 Å². The van der Waals surface area contributed by atoms with Crippen LogP contribution < -0.4 is 5.32 Å². The number of sulfone groups is 1. The Hall–Kier alpha value is -3.45. The molecule has 2 aliphatic rings. The number of non-ortho nitro benzene ring substituents is 1. The van der Waals surface area contributed by atoms with E-state index in [1.165, 1.54) is 0 Å². The number of nitrogens with one attached hydrogen (secondary N) is 1. The lowest BCUT2D eigenvalue weighted by atomic mass is 9.85. The number of imide groups is 1. The summed E-state index contributed by atoms with van der Waals surface area (Å²) in [5.41, 5.74) is -0.239. The number of anilines is 1. The minimum atomic E-state index is -3.97. The van der Waals surface area contributed by atoms with Gasteiger partial charge in [0.2, 0.25) is 27.6 Å². The average Bonchev–Trinajstić information content (AvgIpc) is 3.36. The number of carbonyl (C=O) groups excluding carboxylic acids is 3. The van der Waals surface area contributed by atoms with Gasteiger partial charge in [0.05, 0.1) is 27.9 Å². The molecule has 1 aliphatic heterocycles. The van der Waals surface area contributed by atoms with E-state index in [4.69, 9.17) is 0 Å². The molecular formula is C20H18N4O7S2. The average molecular weight is 491 g/mol. The second-order valence-electron chi connectivity index (χ2n) is 7.52. The van der Waals surface area contributed by atoms with Crippen molar-refractivity contribution in [2.24, 2.45) is 11.8 Å². The van der Waals surface area contributed by atoms with E-state index in [9.17, 15) is 32.9 Å². The molecule has 1 saturated heterocycles. The summed E-state index contributed by atoms with van der Waals surface area (Å²) in [6, 6.07) is 4.43. The molecule has 0 radical (unpaired) electrons. The van der Waals surface area contributed by atoms with Crippen molar-refractivity contribution in [3.63, 3.8) is 0 Å². The molecule has 1 N–H and O–H groups in total. The van der Waals surface area contributed by atoms with E-state index >= 15 is 0 Å². The number of thiazole rings is 1. The summed E-state index contributed by atoms with van der Waals surface area (Å²) in [7, 11) is -3.97. The zero-order valence-electron chi connectivity index (χ0n) is 17.0. The van der Waals surface area contributed by atoms with Gasteiger partial charge in [-0.3, -0.25) is 29.4 Å². The van der Waals surface area contributed by atoms with Gasteiger partial charge in [-0.1, -0.05) is 23.5 Å². The van der Waals surface area contributed by atoms with Crippen molar-refractivity contribution in [1.82, 2.24) is 9.88 Å². The maximum absolute atomic E-state index is 12.7. The van der Waals surface area contributed by atoms with E-state index in [0.717, 1.165) is 46.7 Å². The molecule has 0 saturated carbocycles. The van der Waals surface area contributed by atoms with Crippen LogP contribution in [0.2, 0.25) is 0 Å². The van der Waals surface area contributed by atoms with Crippen molar-refractivity contribution in [3.8, 4) is 0 Å². The molecule has 2 heterocycles. The second kappa shape index (κ2) is 8.83. The van der Waals surface area contributed by atoms with Crippen molar-refractivity contribution in [2.75, 3.05) is 11.9 Å². The molecule has 1 aliphatic carbocycles. The summed E-state index contributed by atoms with van der Waals surface area (Å²) in [6.07, 6.45) is 5.74. The number of amides is 3. The molecule has 0 unspecified atom stereocenters. The lowest BCUT2D eigenvalue weighted by Gasteiger charge is -2.14. The minimum absolute atomic E-state index is 0.0393. The predicted octanol–water partition coefficient (Wildman–Crippen LogP) is 2.16. The monoisotopic (exact) mass is 490 g/mol. The zero-order valence-corrected chi connectivity index (χ0v) is 18.7. The minimum Gasteiger partial charge on any atom is -0.302 e. The van der Waals surface area contributed by atoms with Gasteiger partial charge < -0.3 is 5.32 Å². The molecule has 1 aromatic carbocycles. The fraction of sp³-hybridized carbons (Fsp3) is 0.300. The first-order valence-corrected chi connectivity index (χ1v) is 12.2. The van der Waals surface area contributed by atoms with E-state index in [0.29, 0.717) is 12.8 Å². The molecule has 2 atom stereocenters. The maximum Gasteiger partial charge on any atom is 0.269 e. The highest BCUT2D eigenvalue weighted by Crippen LogP contribution is 2.35. The number of nitro benzene ring substituents is 1. The molecule has 2 aromatic rings. The largest absolute Gasteiger partial charge is 0.302 e. The number of hydrogen-bond acceptors (Lipinski definition) is 9. The Bertz CT molecular complexity index is 1240. The molecule has 1 fully saturated rings. The Balaban J connectivity index is 1.37. The Labute approximate surface area is 192 Å². The lowest BCUT2D eigenvalue weighted by Crippen LogP contribution is -2.34. The van der Waals surface area contributed by atoms with Gasteiger partial charge in [0.1, 0.15) is 4.21 Å². The van der Waals surface area contributed by atoms with E-state index in [2.05, 4.69) is 10.3 Å². The van der Waals surface area contributed by atoms with Crippen LogP contribution in [-0.2, 0) is 24.2 Å². The number of nitro groups is 1. The molecule has 13 heteroatoms. The molecule has 11 nitrogen and oxygen atoms in total. The van der Waals surface area contributed by atoms with Gasteiger partial charge in [-0.05, 0) is 25.0 Å². The predicted molar refractivity (Wildman–Crippen MR) is 116 cm³/mol. The highest BCUT2D eigenvalue weighted by atomic mass is 32.2. The fourth-order valence-electron chi connectivity index (χ4n) is 3.79. The Kier molecular flexibility index (Phi) is 6.08. The lowest BCUT2D eigenvalue weighted by molar-refractivity contribution is -0.384. The van der Waals surface area contributed by atoms with Gasteiger partial charge in [0.25, 0.3) is 5.69 Å². The van der Waals surface area contributed by atoms with Gasteiger partial charge >= 0.3 is 0 Å². The number of hydrogen-bond donors (Lipinski definition) is 1. The van der Waals surface area contributed by atoms with Gasteiger partial charge in [-0.2, -0.15) is 0 Å². The zero-order chi connectivity index (χ0) is 23.8. The molecule has 172 valence electrons. The van der Waals surface area contributed by atoms with Crippen LogP contribution in [0.15, 0.2) is 51.7 Å². The number of fused-ring (bicyclic) bond motifs is 1. The van der Waals surface area contributed by atoms with Crippen molar-refractivity contribution >= 4 is 49.7 Å². The van der Waals surface area contributed by atoms with E-state index < -0.39 is 20.7 Å². The molecule has 0 spiro atoms. The number of carbonyl (C=O) groups is 3. The van der Waals surface area contributed by atoms with E-state index in [1.807, 2.05) is 12.2 Å². The Morgan fingerprint density at radius 1 is 1.15 bits per heavy atom. The molecule has 0 bridgehead atoms. The van der Waals surface area contributed by atoms with Gasteiger partial charge in [-0.25, -0.2) is 13.4 Å². The maximum atomic E-state index is 12.7. The van der Waals surface area contributed by atoms with Crippen LogP contribution in [0.3, 0.4) is 0 Å². The van der Waals surface area contributed by atoms with Gasteiger partial charge in [0.15, 0.2) is 5.13 Å². The number of rotatable bonds is 7. The third-order valence-electron chi connectivity index (χ3n) is 5.51. The highest BCUT2D eigenvalue weighted by Gasteiger charge is 2.46. The molecular weight excluding hydrogens is 472 g/mol. The summed E-state index contributed by atoms with van der Waals surface area (Å²) >= 11 is 0.728. The first kappa shape index (κ1) is 22.7. The number of benzene rings is 1. The first-order chi connectivity index (χ1) is 15.7. The number of nitrogens with zero attached hydrogens (tertiary/aromatic N) is 3. The van der Waals surface area contributed by atoms with Crippen LogP contribution in [0.1, 0.15) is 19.3 Å². The molecule has 33 heavy (non-hydrogen) atoms. The summed E-state index contributed by atoms with van der Waals surface area (Å²) in [5, 5.41) is 13.3. The van der Waals surface area contributed by atoms with Crippen LogP contribution in [0.4, 0.5) is 10.8 Å². The van der Waals surface area contributed by atoms with Crippen molar-refractivity contribution in [3.05, 3.63) is 52.7 Å². The normalized spacial score (nSPS) is 20.1. The van der Waals surface area contributed by atoms with Crippen LogP contribution in [-0.4, -0.2) is 47.5 Å². The third kappa shape index (κ3) is 4.41. The SMILES string of the molecule is O=C(CCN1C(=O)[C@@H]2CC=CC[C@H]2C1=O)Nc1ncc(S(=O)(=O)c2ccc([N+](=O)[O-])cc2)s1. The van der Waals surface area contributed by atoms with Crippen LogP contribution in [0.5, 0.6) is 0 Å². The standard InChI is InChI=1S/C20H18N4O7S2/c25-16(9-10-23-18(26)14-3-1-2-4-15(14)19(23)27)22-20-21-11-17(32-20)33(30,31)13-7-5-12(6-8-13)24(28)29/h1-2,5-8,11,14-15H,3-4,9-10H2,(H,21,22,25)/t14-,15-/m1/s1. The van der Waals surface area contributed by atoms with E-state index in [-0.39, 0.29) is 56.5 Å². The van der Waals surface area contributed by atoms with Gasteiger partial charge in [0, 0.05) is 25.1 Å². The summed E-state index contributed by atoms with van der Waals surface area (Å²) in [6.45, 7) is -0.0597. The van der Waals surface area contributed by atoms with Crippen molar-refractivity contribution in [1.29, 1.82) is 0 Å². The highest BCUT2D eigenvalue weighted by molar-refractivity contribution is 7.93. The number of likely N-dealkylation sites (tertiary alicyclic amines) is 1. The topological polar surface area (TPSA) is 157 Å². The number of aromatic nitrogens is 1. The molecule has 3 amide bonds. The molecule has 4 rings (SSSR count). The quantitative estimate of drug-likeness (QED) is 0.268. The Morgan fingerprint density at radius 2 is 1.76 bits per heavy atom. The smallest absolute Gasteiger partial charge is 0.269 e. The van der Waals surface area contributed by atoms with E-state index in [1.54, 1.807) is 0 Å². The van der Waals surface area contributed by atoms with Gasteiger partial charge in [-0.15, -0.1) is 0 Å². The Morgan fingerprint density at radius 3 is 2.33 bits per heavy atom. The second-order valence-corrected chi connectivity index (χ2v) is 10.7. The van der Waals surface area contributed by atoms with Crippen LogP contribution in [0, 0.1) is 22.0 Å². The number of allylic oxidation sites excluding steroid dienone is 2. The summed E-state index contributed by atoms with van der Waals surface area (Å²) < 4.78 is 25.3.